The molecule has 1 fully saturated rings. The summed E-state index contributed by atoms with van der Waals surface area (Å²) < 4.78 is 26.1. The van der Waals surface area contributed by atoms with Gasteiger partial charge in [-0.1, -0.05) is 12.1 Å². The molecule has 1 aliphatic heterocycles. The molecule has 0 aliphatic carbocycles. The molecule has 3 nitrogen and oxygen atoms in total. The quantitative estimate of drug-likeness (QED) is 0.871. The molecule has 22 heavy (non-hydrogen) atoms. The Balaban J connectivity index is 2.20. The Bertz CT molecular complexity index is 536. The molecule has 0 aromatic heterocycles. The standard InChI is InChI=1S/C17H27BFNO2/c1-15(2,3)20-11-12-10-13(8-9-14(12)19)18-21-16(4,5)17(6,7)22-18/h8-10,20H,11H2,1-7H3. The summed E-state index contributed by atoms with van der Waals surface area (Å²) >= 11 is 0. The molecular weight excluding hydrogens is 280 g/mol. The third-order valence-corrected chi connectivity index (χ3v) is 4.40. The second kappa shape index (κ2) is 5.62. The lowest BCUT2D eigenvalue weighted by Gasteiger charge is -2.32. The summed E-state index contributed by atoms with van der Waals surface area (Å²) in [5, 5.41) is 3.31. The van der Waals surface area contributed by atoms with Gasteiger partial charge in [0.05, 0.1) is 11.2 Å². The van der Waals surface area contributed by atoms with Gasteiger partial charge in [-0.15, -0.1) is 0 Å². The van der Waals surface area contributed by atoms with E-state index in [1.165, 1.54) is 6.07 Å². The minimum Gasteiger partial charge on any atom is -0.399 e. The van der Waals surface area contributed by atoms with Gasteiger partial charge in [0.1, 0.15) is 5.82 Å². The second-order valence-electron chi connectivity index (χ2n) is 8.04. The van der Waals surface area contributed by atoms with E-state index in [2.05, 4.69) is 26.1 Å². The van der Waals surface area contributed by atoms with Crippen LogP contribution in [0.5, 0.6) is 0 Å². The van der Waals surface area contributed by atoms with Crippen LogP contribution in [0.4, 0.5) is 4.39 Å². The number of hydrogen-bond donors (Lipinski definition) is 1. The van der Waals surface area contributed by atoms with Crippen molar-refractivity contribution in [2.24, 2.45) is 0 Å². The van der Waals surface area contributed by atoms with Gasteiger partial charge >= 0.3 is 7.12 Å². The lowest BCUT2D eigenvalue weighted by atomic mass is 9.78. The molecule has 0 radical (unpaired) electrons. The molecule has 2 rings (SSSR count). The Hall–Kier alpha value is -0.905. The molecule has 122 valence electrons. The third-order valence-electron chi connectivity index (χ3n) is 4.40. The van der Waals surface area contributed by atoms with E-state index in [1.807, 2.05) is 33.8 Å². The zero-order valence-electron chi connectivity index (χ0n) is 14.7. The van der Waals surface area contributed by atoms with Gasteiger partial charge in [0.25, 0.3) is 0 Å². The molecule has 0 saturated carbocycles. The fourth-order valence-electron chi connectivity index (χ4n) is 2.22. The summed E-state index contributed by atoms with van der Waals surface area (Å²) in [6.07, 6.45) is 0. The molecule has 5 heteroatoms. The first-order valence-electron chi connectivity index (χ1n) is 7.80. The van der Waals surface area contributed by atoms with Crippen LogP contribution in [0, 0.1) is 5.82 Å². The number of halogens is 1. The highest BCUT2D eigenvalue weighted by atomic mass is 19.1. The second-order valence-corrected chi connectivity index (χ2v) is 8.04. The molecular formula is C17H27BFNO2. The Kier molecular flexibility index (Phi) is 4.46. The summed E-state index contributed by atoms with van der Waals surface area (Å²) in [6.45, 7) is 14.7. The fourth-order valence-corrected chi connectivity index (χ4v) is 2.22. The number of benzene rings is 1. The highest BCUT2D eigenvalue weighted by Crippen LogP contribution is 2.36. The van der Waals surface area contributed by atoms with Crippen LogP contribution in [0.25, 0.3) is 0 Å². The SMILES string of the molecule is CC(C)(C)NCc1cc(B2OC(C)(C)C(C)(C)O2)ccc1F. The number of rotatable bonds is 3. The van der Waals surface area contributed by atoms with Gasteiger partial charge in [-0.2, -0.15) is 0 Å². The first-order valence-corrected chi connectivity index (χ1v) is 7.80. The van der Waals surface area contributed by atoms with Crippen molar-refractivity contribution in [3.63, 3.8) is 0 Å². The molecule has 0 spiro atoms. The van der Waals surface area contributed by atoms with E-state index in [0.29, 0.717) is 12.1 Å². The maximum atomic E-state index is 14.0. The van der Waals surface area contributed by atoms with Crippen molar-refractivity contribution >= 4 is 12.6 Å². The molecule has 1 saturated heterocycles. The topological polar surface area (TPSA) is 30.5 Å². The first kappa shape index (κ1) is 17.4. The lowest BCUT2D eigenvalue weighted by Crippen LogP contribution is -2.41. The first-order chi connectivity index (χ1) is 9.91. The predicted molar refractivity (Wildman–Crippen MR) is 88.7 cm³/mol. The van der Waals surface area contributed by atoms with Crippen molar-refractivity contribution in [1.82, 2.24) is 5.32 Å². The van der Waals surface area contributed by atoms with Crippen LogP contribution in [0.15, 0.2) is 18.2 Å². The van der Waals surface area contributed by atoms with Crippen molar-refractivity contribution in [3.8, 4) is 0 Å². The van der Waals surface area contributed by atoms with Crippen molar-refractivity contribution in [3.05, 3.63) is 29.6 Å². The van der Waals surface area contributed by atoms with Crippen LogP contribution in [0.1, 0.15) is 54.0 Å². The number of nitrogens with one attached hydrogen (secondary N) is 1. The summed E-state index contributed by atoms with van der Waals surface area (Å²) in [5.41, 5.74) is 0.631. The average molecular weight is 307 g/mol. The Morgan fingerprint density at radius 1 is 1.09 bits per heavy atom. The lowest BCUT2D eigenvalue weighted by molar-refractivity contribution is 0.00578. The minimum absolute atomic E-state index is 0.0627. The van der Waals surface area contributed by atoms with Crippen molar-refractivity contribution in [1.29, 1.82) is 0 Å². The highest BCUT2D eigenvalue weighted by molar-refractivity contribution is 6.62. The molecule has 1 N–H and O–H groups in total. The fraction of sp³-hybridized carbons (Fsp3) is 0.647. The Morgan fingerprint density at radius 2 is 1.64 bits per heavy atom. The van der Waals surface area contributed by atoms with Crippen LogP contribution in [0.2, 0.25) is 0 Å². The molecule has 1 aromatic carbocycles. The van der Waals surface area contributed by atoms with Crippen LogP contribution in [-0.4, -0.2) is 23.9 Å². The van der Waals surface area contributed by atoms with E-state index in [1.54, 1.807) is 6.07 Å². The van der Waals surface area contributed by atoms with E-state index in [9.17, 15) is 4.39 Å². The van der Waals surface area contributed by atoms with E-state index < -0.39 is 18.3 Å². The monoisotopic (exact) mass is 307 g/mol. The largest absolute Gasteiger partial charge is 0.494 e. The van der Waals surface area contributed by atoms with Crippen LogP contribution < -0.4 is 10.8 Å². The summed E-state index contributed by atoms with van der Waals surface area (Å²) in [4.78, 5) is 0. The van der Waals surface area contributed by atoms with Crippen LogP contribution in [-0.2, 0) is 15.9 Å². The van der Waals surface area contributed by atoms with Crippen molar-refractivity contribution < 1.29 is 13.7 Å². The van der Waals surface area contributed by atoms with Gasteiger partial charge in [-0.05, 0) is 60.0 Å². The van der Waals surface area contributed by atoms with Gasteiger partial charge in [-0.25, -0.2) is 4.39 Å². The average Bonchev–Trinajstić information content (AvgIpc) is 2.56. The minimum atomic E-state index is -0.459. The summed E-state index contributed by atoms with van der Waals surface area (Å²) in [5.74, 6) is -0.211. The zero-order valence-corrected chi connectivity index (χ0v) is 14.7. The Labute approximate surface area is 133 Å². The number of hydrogen-bond acceptors (Lipinski definition) is 3. The van der Waals surface area contributed by atoms with Gasteiger partial charge < -0.3 is 14.6 Å². The van der Waals surface area contributed by atoms with Gasteiger partial charge in [0, 0.05) is 17.6 Å². The molecule has 0 atom stereocenters. The predicted octanol–water partition coefficient (Wildman–Crippen LogP) is 3.01. The molecule has 1 heterocycles. The van der Waals surface area contributed by atoms with E-state index in [0.717, 1.165) is 5.46 Å². The summed E-state index contributed by atoms with van der Waals surface area (Å²) in [7, 11) is -0.459. The van der Waals surface area contributed by atoms with Crippen molar-refractivity contribution in [2.75, 3.05) is 0 Å². The molecule has 0 unspecified atom stereocenters. The highest BCUT2D eigenvalue weighted by Gasteiger charge is 2.51. The smallest absolute Gasteiger partial charge is 0.399 e. The van der Waals surface area contributed by atoms with E-state index in [4.69, 9.17) is 9.31 Å². The van der Waals surface area contributed by atoms with E-state index >= 15 is 0 Å². The van der Waals surface area contributed by atoms with Crippen LogP contribution in [0.3, 0.4) is 0 Å². The molecule has 0 amide bonds. The third kappa shape index (κ3) is 3.70. The summed E-state index contributed by atoms with van der Waals surface area (Å²) in [6, 6.07) is 5.05. The molecule has 0 bridgehead atoms. The van der Waals surface area contributed by atoms with Gasteiger partial charge in [-0.3, -0.25) is 0 Å². The van der Waals surface area contributed by atoms with Crippen molar-refractivity contribution in [2.45, 2.75) is 71.8 Å². The maximum Gasteiger partial charge on any atom is 0.494 e. The zero-order chi connectivity index (χ0) is 16.8. The maximum absolute atomic E-state index is 14.0. The Morgan fingerprint density at radius 3 is 2.14 bits per heavy atom. The molecule has 1 aliphatic rings. The van der Waals surface area contributed by atoms with Gasteiger partial charge in [0.2, 0.25) is 0 Å². The molecule has 1 aromatic rings. The van der Waals surface area contributed by atoms with Gasteiger partial charge in [0.15, 0.2) is 0 Å². The van der Waals surface area contributed by atoms with Crippen LogP contribution >= 0.6 is 0 Å². The normalized spacial score (nSPS) is 20.5. The van der Waals surface area contributed by atoms with E-state index in [-0.39, 0.29) is 11.4 Å².